The van der Waals surface area contributed by atoms with E-state index in [-0.39, 0.29) is 11.6 Å². The van der Waals surface area contributed by atoms with Gasteiger partial charge in [-0.25, -0.2) is 0 Å². The molecule has 0 fully saturated rings. The quantitative estimate of drug-likeness (QED) is 0.647. The SMILES string of the molecule is C#CC(NCCC)C(C)(C)N(CC)CC. The molecule has 1 unspecified atom stereocenters. The molecule has 0 rings (SSSR count). The van der Waals surface area contributed by atoms with Gasteiger partial charge in [0.05, 0.1) is 6.04 Å². The second-order valence-corrected chi connectivity index (χ2v) is 4.38. The second kappa shape index (κ2) is 6.87. The van der Waals surface area contributed by atoms with Crippen LogP contribution >= 0.6 is 0 Å². The Morgan fingerprint density at radius 3 is 2.13 bits per heavy atom. The normalized spacial score (nSPS) is 13.9. The third kappa shape index (κ3) is 3.85. The minimum atomic E-state index is 0.0213. The van der Waals surface area contributed by atoms with Crippen LogP contribution in [0.15, 0.2) is 0 Å². The molecule has 0 aromatic heterocycles. The third-order valence-corrected chi connectivity index (χ3v) is 3.05. The molecule has 88 valence electrons. The predicted octanol–water partition coefficient (Wildman–Crippen LogP) is 2.11. The highest BCUT2D eigenvalue weighted by Crippen LogP contribution is 2.18. The van der Waals surface area contributed by atoms with E-state index in [0.29, 0.717) is 0 Å². The first kappa shape index (κ1) is 14.5. The van der Waals surface area contributed by atoms with Gasteiger partial charge in [-0.1, -0.05) is 26.7 Å². The van der Waals surface area contributed by atoms with Crippen molar-refractivity contribution in [3.63, 3.8) is 0 Å². The van der Waals surface area contributed by atoms with Crippen LogP contribution in [0, 0.1) is 12.3 Å². The van der Waals surface area contributed by atoms with Crippen LogP contribution in [0.2, 0.25) is 0 Å². The van der Waals surface area contributed by atoms with Gasteiger partial charge < -0.3 is 5.32 Å². The van der Waals surface area contributed by atoms with Crippen molar-refractivity contribution in [1.82, 2.24) is 10.2 Å². The summed E-state index contributed by atoms with van der Waals surface area (Å²) in [4.78, 5) is 2.40. The summed E-state index contributed by atoms with van der Waals surface area (Å²) >= 11 is 0. The summed E-state index contributed by atoms with van der Waals surface area (Å²) in [7, 11) is 0. The Hall–Kier alpha value is -0.520. The smallest absolute Gasteiger partial charge is 0.0868 e. The lowest BCUT2D eigenvalue weighted by atomic mass is 9.92. The Labute approximate surface area is 95.4 Å². The molecule has 15 heavy (non-hydrogen) atoms. The molecule has 0 spiro atoms. The summed E-state index contributed by atoms with van der Waals surface area (Å²) in [5.74, 6) is 2.87. The highest BCUT2D eigenvalue weighted by Gasteiger charge is 2.32. The van der Waals surface area contributed by atoms with Crippen LogP contribution in [0.1, 0.15) is 41.0 Å². The summed E-state index contributed by atoms with van der Waals surface area (Å²) in [6.45, 7) is 14.0. The average Bonchev–Trinajstić information content (AvgIpc) is 2.20. The van der Waals surface area contributed by atoms with Crippen molar-refractivity contribution in [2.75, 3.05) is 19.6 Å². The molecule has 1 N–H and O–H groups in total. The van der Waals surface area contributed by atoms with E-state index in [0.717, 1.165) is 26.1 Å². The molecule has 0 bridgehead atoms. The monoisotopic (exact) mass is 210 g/mol. The molecule has 0 radical (unpaired) electrons. The molecule has 1 atom stereocenters. The maximum Gasteiger partial charge on any atom is 0.0868 e. The van der Waals surface area contributed by atoms with Gasteiger partial charge in [-0.3, -0.25) is 4.90 Å². The molecule has 0 aliphatic rings. The lowest BCUT2D eigenvalue weighted by Crippen LogP contribution is -2.57. The first-order valence-electron chi connectivity index (χ1n) is 5.99. The fraction of sp³-hybridized carbons (Fsp3) is 0.846. The summed E-state index contributed by atoms with van der Waals surface area (Å²) in [5.41, 5.74) is 0.0213. The van der Waals surface area contributed by atoms with Crippen LogP contribution < -0.4 is 5.32 Å². The molecule has 2 nitrogen and oxygen atoms in total. The molecular weight excluding hydrogens is 184 g/mol. The predicted molar refractivity (Wildman–Crippen MR) is 67.9 cm³/mol. The number of hydrogen-bond acceptors (Lipinski definition) is 2. The van der Waals surface area contributed by atoms with Gasteiger partial charge in [0.1, 0.15) is 0 Å². The van der Waals surface area contributed by atoms with Gasteiger partial charge in [-0.15, -0.1) is 6.42 Å². The van der Waals surface area contributed by atoms with E-state index < -0.39 is 0 Å². The van der Waals surface area contributed by atoms with Gasteiger partial charge in [0.2, 0.25) is 0 Å². The van der Waals surface area contributed by atoms with Crippen LogP contribution in [0.25, 0.3) is 0 Å². The molecule has 0 aliphatic carbocycles. The van der Waals surface area contributed by atoms with E-state index >= 15 is 0 Å². The maximum absolute atomic E-state index is 5.61. The zero-order chi connectivity index (χ0) is 11.9. The standard InChI is InChI=1S/C13H26N2/c1-7-11-14-12(8-2)13(5,6)15(9-3)10-4/h2,12,14H,7,9-11H2,1,3-6H3. The molecular formula is C13H26N2. The largest absolute Gasteiger partial charge is 0.302 e. The van der Waals surface area contributed by atoms with Gasteiger partial charge >= 0.3 is 0 Å². The number of nitrogens with zero attached hydrogens (tertiary/aromatic N) is 1. The minimum absolute atomic E-state index is 0.0213. The van der Waals surface area contributed by atoms with Crippen LogP contribution in [-0.4, -0.2) is 36.1 Å². The fourth-order valence-electron chi connectivity index (χ4n) is 2.02. The van der Waals surface area contributed by atoms with E-state index in [1.807, 2.05) is 0 Å². The van der Waals surface area contributed by atoms with Crippen molar-refractivity contribution in [3.8, 4) is 12.3 Å². The maximum atomic E-state index is 5.61. The second-order valence-electron chi connectivity index (χ2n) is 4.38. The van der Waals surface area contributed by atoms with Crippen molar-refractivity contribution in [2.24, 2.45) is 0 Å². The van der Waals surface area contributed by atoms with Crippen molar-refractivity contribution in [2.45, 2.75) is 52.6 Å². The van der Waals surface area contributed by atoms with Crippen molar-refractivity contribution in [1.29, 1.82) is 0 Å². The van der Waals surface area contributed by atoms with Crippen LogP contribution in [0.5, 0.6) is 0 Å². The summed E-state index contributed by atoms with van der Waals surface area (Å²) in [6, 6.07) is 0.123. The number of terminal acetylenes is 1. The van der Waals surface area contributed by atoms with Crippen molar-refractivity contribution >= 4 is 0 Å². The Bertz CT molecular complexity index is 199. The van der Waals surface area contributed by atoms with E-state index in [2.05, 4.69) is 50.8 Å². The third-order valence-electron chi connectivity index (χ3n) is 3.05. The number of rotatable bonds is 7. The highest BCUT2D eigenvalue weighted by molar-refractivity contribution is 5.10. The van der Waals surface area contributed by atoms with Gasteiger partial charge in [0, 0.05) is 5.54 Å². The molecule has 0 amide bonds. The van der Waals surface area contributed by atoms with Crippen molar-refractivity contribution in [3.05, 3.63) is 0 Å². The Morgan fingerprint density at radius 2 is 1.80 bits per heavy atom. The summed E-state index contributed by atoms with van der Waals surface area (Å²) in [5, 5.41) is 3.43. The minimum Gasteiger partial charge on any atom is -0.302 e. The van der Waals surface area contributed by atoms with Gasteiger partial charge in [-0.2, -0.15) is 0 Å². The molecule has 0 saturated carbocycles. The molecule has 0 aliphatic heterocycles. The van der Waals surface area contributed by atoms with Gasteiger partial charge in [0.25, 0.3) is 0 Å². The summed E-state index contributed by atoms with van der Waals surface area (Å²) < 4.78 is 0. The lowest BCUT2D eigenvalue weighted by molar-refractivity contribution is 0.111. The molecule has 2 heteroatoms. The van der Waals surface area contributed by atoms with Gasteiger partial charge in [-0.05, 0) is 39.9 Å². The van der Waals surface area contributed by atoms with Crippen molar-refractivity contribution < 1.29 is 0 Å². The Balaban J connectivity index is 4.56. The number of nitrogens with one attached hydrogen (secondary N) is 1. The first-order chi connectivity index (χ1) is 7.04. The fourth-order valence-corrected chi connectivity index (χ4v) is 2.02. The molecule has 0 aromatic rings. The zero-order valence-electron chi connectivity index (χ0n) is 10.9. The molecule has 0 saturated heterocycles. The lowest BCUT2D eigenvalue weighted by Gasteiger charge is -2.41. The van der Waals surface area contributed by atoms with E-state index in [1.165, 1.54) is 0 Å². The summed E-state index contributed by atoms with van der Waals surface area (Å²) in [6.07, 6.45) is 6.73. The molecule has 0 heterocycles. The topological polar surface area (TPSA) is 15.3 Å². The van der Waals surface area contributed by atoms with Crippen LogP contribution in [-0.2, 0) is 0 Å². The van der Waals surface area contributed by atoms with E-state index in [4.69, 9.17) is 6.42 Å². The average molecular weight is 210 g/mol. The molecule has 0 aromatic carbocycles. The Kier molecular flexibility index (Phi) is 6.63. The zero-order valence-corrected chi connectivity index (χ0v) is 10.9. The Morgan fingerprint density at radius 1 is 1.27 bits per heavy atom. The number of hydrogen-bond donors (Lipinski definition) is 1. The van der Waals surface area contributed by atoms with E-state index in [9.17, 15) is 0 Å². The van der Waals surface area contributed by atoms with E-state index in [1.54, 1.807) is 0 Å². The van der Waals surface area contributed by atoms with Gasteiger partial charge in [0.15, 0.2) is 0 Å². The highest BCUT2D eigenvalue weighted by atomic mass is 15.2. The van der Waals surface area contributed by atoms with Crippen LogP contribution in [0.3, 0.4) is 0 Å². The van der Waals surface area contributed by atoms with Crippen LogP contribution in [0.4, 0.5) is 0 Å². The number of likely N-dealkylation sites (N-methyl/N-ethyl adjacent to an activating group) is 1. The first-order valence-corrected chi connectivity index (χ1v) is 5.99.